The van der Waals surface area contributed by atoms with Crippen LogP contribution in [0.4, 0.5) is 0 Å². The van der Waals surface area contributed by atoms with Crippen molar-refractivity contribution in [2.75, 3.05) is 20.3 Å². The lowest BCUT2D eigenvalue weighted by Gasteiger charge is -2.12. The van der Waals surface area contributed by atoms with E-state index in [1.165, 1.54) is 0 Å². The molecule has 5 nitrogen and oxygen atoms in total. The summed E-state index contributed by atoms with van der Waals surface area (Å²) in [5, 5.41) is 8.83. The third-order valence-corrected chi connectivity index (χ3v) is 3.61. The summed E-state index contributed by atoms with van der Waals surface area (Å²) in [7, 11) is 1.60. The maximum Gasteiger partial charge on any atom is 0.303 e. The molecule has 0 bridgehead atoms. The highest BCUT2D eigenvalue weighted by Gasteiger charge is 2.10. The van der Waals surface area contributed by atoms with E-state index in [9.17, 15) is 4.79 Å². The Morgan fingerprint density at radius 2 is 1.62 bits per heavy atom. The Balaban J connectivity index is 1.79. The number of para-hydroxylation sites is 2. The number of carboxylic acid groups (broad SMARTS) is 1. The van der Waals surface area contributed by atoms with E-state index in [2.05, 4.69) is 0 Å². The number of hydrogen-bond donors (Lipinski definition) is 1. The van der Waals surface area contributed by atoms with Crippen molar-refractivity contribution in [1.82, 2.24) is 0 Å². The Bertz CT molecular complexity index is 651. The second-order valence-corrected chi connectivity index (χ2v) is 5.42. The number of benzene rings is 2. The zero-order chi connectivity index (χ0) is 17.4. The van der Waals surface area contributed by atoms with Crippen LogP contribution in [0.3, 0.4) is 0 Å². The van der Waals surface area contributed by atoms with E-state index in [4.69, 9.17) is 19.3 Å². The number of ether oxygens (including phenoxy) is 3. The maximum absolute atomic E-state index is 10.7. The Hall–Kier alpha value is -2.69. The van der Waals surface area contributed by atoms with Gasteiger partial charge >= 0.3 is 5.97 Å². The lowest BCUT2D eigenvalue weighted by molar-refractivity contribution is -0.137. The lowest BCUT2D eigenvalue weighted by Crippen LogP contribution is -2.09. The third-order valence-electron chi connectivity index (χ3n) is 3.61. The van der Waals surface area contributed by atoms with Crippen LogP contribution in [-0.2, 0) is 4.79 Å². The summed E-state index contributed by atoms with van der Waals surface area (Å²) in [5.41, 5.74) is 0.982. The monoisotopic (exact) mass is 330 g/mol. The standard InChI is InChI=1S/C19H22O5/c1-14(13-19(20)21)15-7-9-16(10-8-15)23-11-12-24-18-6-4-3-5-17(18)22-2/h3-10,14H,11-13H2,1-2H3,(H,20,21). The molecule has 0 heterocycles. The summed E-state index contributed by atoms with van der Waals surface area (Å²) in [5.74, 6) is 1.28. The fraction of sp³-hybridized carbons (Fsp3) is 0.316. The van der Waals surface area contributed by atoms with E-state index in [0.29, 0.717) is 24.7 Å². The average Bonchev–Trinajstić information content (AvgIpc) is 2.59. The molecule has 0 aliphatic heterocycles. The zero-order valence-corrected chi connectivity index (χ0v) is 13.9. The fourth-order valence-electron chi connectivity index (χ4n) is 2.32. The SMILES string of the molecule is COc1ccccc1OCCOc1ccc(C(C)CC(=O)O)cc1. The van der Waals surface area contributed by atoms with Crippen molar-refractivity contribution in [3.05, 3.63) is 54.1 Å². The Kier molecular flexibility index (Phi) is 6.49. The maximum atomic E-state index is 10.7. The normalized spacial score (nSPS) is 11.6. The number of carboxylic acids is 1. The number of hydrogen-bond acceptors (Lipinski definition) is 4. The van der Waals surface area contributed by atoms with Gasteiger partial charge in [-0.15, -0.1) is 0 Å². The van der Waals surface area contributed by atoms with E-state index in [1.807, 2.05) is 55.5 Å². The molecule has 128 valence electrons. The van der Waals surface area contributed by atoms with Gasteiger partial charge < -0.3 is 19.3 Å². The predicted molar refractivity (Wildman–Crippen MR) is 91.1 cm³/mol. The molecule has 0 saturated carbocycles. The highest BCUT2D eigenvalue weighted by Crippen LogP contribution is 2.26. The van der Waals surface area contributed by atoms with Crippen LogP contribution in [0.15, 0.2) is 48.5 Å². The average molecular weight is 330 g/mol. The van der Waals surface area contributed by atoms with Crippen LogP contribution in [0.5, 0.6) is 17.2 Å². The van der Waals surface area contributed by atoms with Crippen molar-refractivity contribution in [2.24, 2.45) is 0 Å². The van der Waals surface area contributed by atoms with Crippen LogP contribution in [-0.4, -0.2) is 31.4 Å². The van der Waals surface area contributed by atoms with Gasteiger partial charge in [-0.05, 0) is 35.7 Å². The van der Waals surface area contributed by atoms with E-state index in [-0.39, 0.29) is 12.3 Å². The first-order chi connectivity index (χ1) is 11.6. The van der Waals surface area contributed by atoms with Crippen LogP contribution in [0.1, 0.15) is 24.8 Å². The summed E-state index contributed by atoms with van der Waals surface area (Å²) in [6.07, 6.45) is 0.118. The van der Waals surface area contributed by atoms with Gasteiger partial charge in [0, 0.05) is 0 Å². The molecule has 0 saturated heterocycles. The smallest absolute Gasteiger partial charge is 0.303 e. The number of rotatable bonds is 9. The molecule has 2 aromatic rings. The van der Waals surface area contributed by atoms with E-state index in [1.54, 1.807) is 7.11 Å². The third kappa shape index (κ3) is 5.19. The summed E-state index contributed by atoms with van der Waals surface area (Å²) in [6, 6.07) is 14.9. The highest BCUT2D eigenvalue weighted by molar-refractivity contribution is 5.67. The molecule has 0 aliphatic rings. The van der Waals surface area contributed by atoms with Crippen molar-refractivity contribution in [3.8, 4) is 17.2 Å². The lowest BCUT2D eigenvalue weighted by atomic mass is 9.98. The molecule has 0 fully saturated rings. The first-order valence-corrected chi connectivity index (χ1v) is 7.80. The molecule has 1 unspecified atom stereocenters. The molecule has 0 spiro atoms. The summed E-state index contributed by atoms with van der Waals surface area (Å²) in [6.45, 7) is 2.70. The van der Waals surface area contributed by atoms with E-state index >= 15 is 0 Å². The summed E-state index contributed by atoms with van der Waals surface area (Å²) >= 11 is 0. The minimum Gasteiger partial charge on any atom is -0.493 e. The summed E-state index contributed by atoms with van der Waals surface area (Å²) in [4.78, 5) is 10.7. The zero-order valence-electron chi connectivity index (χ0n) is 13.9. The molecule has 24 heavy (non-hydrogen) atoms. The molecule has 0 aromatic heterocycles. The molecule has 0 radical (unpaired) electrons. The number of methoxy groups -OCH3 is 1. The van der Waals surface area contributed by atoms with Gasteiger partial charge in [0.15, 0.2) is 11.5 Å². The molecule has 2 aromatic carbocycles. The largest absolute Gasteiger partial charge is 0.493 e. The number of aliphatic carboxylic acids is 1. The summed E-state index contributed by atoms with van der Waals surface area (Å²) < 4.78 is 16.5. The van der Waals surface area contributed by atoms with Crippen LogP contribution in [0.2, 0.25) is 0 Å². The van der Waals surface area contributed by atoms with Crippen LogP contribution < -0.4 is 14.2 Å². The van der Waals surface area contributed by atoms with E-state index < -0.39 is 5.97 Å². The molecule has 0 aliphatic carbocycles. The van der Waals surface area contributed by atoms with Gasteiger partial charge in [0.25, 0.3) is 0 Å². The molecular formula is C19H22O5. The quantitative estimate of drug-likeness (QED) is 0.710. The van der Waals surface area contributed by atoms with Gasteiger partial charge in [-0.3, -0.25) is 4.79 Å². The fourth-order valence-corrected chi connectivity index (χ4v) is 2.32. The van der Waals surface area contributed by atoms with Gasteiger partial charge in [0.2, 0.25) is 0 Å². The highest BCUT2D eigenvalue weighted by atomic mass is 16.5. The Labute approximate surface area is 141 Å². The van der Waals surface area contributed by atoms with Crippen LogP contribution in [0.25, 0.3) is 0 Å². The molecule has 1 N–H and O–H groups in total. The van der Waals surface area contributed by atoms with Gasteiger partial charge in [0.1, 0.15) is 19.0 Å². The second kappa shape index (κ2) is 8.82. The minimum atomic E-state index is -0.795. The molecule has 0 amide bonds. The Morgan fingerprint density at radius 3 is 2.25 bits per heavy atom. The molecular weight excluding hydrogens is 308 g/mol. The first kappa shape index (κ1) is 17.7. The van der Waals surface area contributed by atoms with E-state index in [0.717, 1.165) is 11.3 Å². The first-order valence-electron chi connectivity index (χ1n) is 7.80. The van der Waals surface area contributed by atoms with Gasteiger partial charge in [-0.2, -0.15) is 0 Å². The molecule has 1 atom stereocenters. The Morgan fingerprint density at radius 1 is 1.00 bits per heavy atom. The van der Waals surface area contributed by atoms with Crippen molar-refractivity contribution in [3.63, 3.8) is 0 Å². The van der Waals surface area contributed by atoms with Gasteiger partial charge in [-0.25, -0.2) is 0 Å². The molecule has 2 rings (SSSR count). The predicted octanol–water partition coefficient (Wildman–Crippen LogP) is 3.73. The number of carbonyl (C=O) groups is 1. The minimum absolute atomic E-state index is 0.0228. The van der Waals surface area contributed by atoms with Crippen molar-refractivity contribution in [1.29, 1.82) is 0 Å². The topological polar surface area (TPSA) is 65.0 Å². The second-order valence-electron chi connectivity index (χ2n) is 5.42. The van der Waals surface area contributed by atoms with Gasteiger partial charge in [-0.1, -0.05) is 31.2 Å². The van der Waals surface area contributed by atoms with Crippen molar-refractivity contribution in [2.45, 2.75) is 19.3 Å². The van der Waals surface area contributed by atoms with Crippen molar-refractivity contribution >= 4 is 5.97 Å². The van der Waals surface area contributed by atoms with Crippen LogP contribution >= 0.6 is 0 Å². The van der Waals surface area contributed by atoms with Crippen LogP contribution in [0, 0.1) is 0 Å². The van der Waals surface area contributed by atoms with Gasteiger partial charge in [0.05, 0.1) is 13.5 Å². The van der Waals surface area contributed by atoms with Crippen molar-refractivity contribution < 1.29 is 24.1 Å². The molecule has 5 heteroatoms.